The van der Waals surface area contributed by atoms with Gasteiger partial charge in [-0.05, 0) is 43.9 Å². The Hall–Kier alpha value is -1.84. The number of ether oxygens (including phenoxy) is 1. The molecule has 0 aromatic heterocycles. The average Bonchev–Trinajstić information content (AvgIpc) is 2.71. The van der Waals surface area contributed by atoms with E-state index in [9.17, 15) is 9.59 Å². The Balaban J connectivity index is 0.00000392. The molecule has 8 heteroatoms. The SMILES string of the molecule is CCOC(=O)C1CCCN(C(=NC)NCCc2cccc(C(=O)NC)c2)C1.I. The van der Waals surface area contributed by atoms with Crippen LogP contribution in [0.4, 0.5) is 0 Å². The fourth-order valence-electron chi connectivity index (χ4n) is 3.29. The number of likely N-dealkylation sites (tertiary alicyclic amines) is 1. The smallest absolute Gasteiger partial charge is 0.310 e. The fourth-order valence-corrected chi connectivity index (χ4v) is 3.29. The lowest BCUT2D eigenvalue weighted by atomic mass is 9.98. The Morgan fingerprint density at radius 2 is 2.14 bits per heavy atom. The summed E-state index contributed by atoms with van der Waals surface area (Å²) in [5.41, 5.74) is 1.75. The molecule has 0 aliphatic carbocycles. The van der Waals surface area contributed by atoms with Gasteiger partial charge in [-0.15, -0.1) is 24.0 Å². The standard InChI is InChI=1S/C20H30N4O3.HI/c1-4-27-19(26)17-9-6-12-24(14-17)20(22-3)23-11-10-15-7-5-8-16(13-15)18(25)21-2;/h5,7-8,13,17H,4,6,9-12,14H2,1-3H3,(H,21,25)(H,22,23);1H. The van der Waals surface area contributed by atoms with E-state index < -0.39 is 0 Å². The number of piperidine rings is 1. The average molecular weight is 502 g/mol. The molecule has 0 saturated carbocycles. The molecule has 1 unspecified atom stereocenters. The number of rotatable bonds is 6. The van der Waals surface area contributed by atoms with Gasteiger partial charge in [-0.25, -0.2) is 0 Å². The zero-order valence-corrected chi connectivity index (χ0v) is 19.2. The summed E-state index contributed by atoms with van der Waals surface area (Å²) in [6, 6.07) is 7.61. The van der Waals surface area contributed by atoms with Crippen LogP contribution in [0.3, 0.4) is 0 Å². The van der Waals surface area contributed by atoms with Gasteiger partial charge in [-0.1, -0.05) is 12.1 Å². The first kappa shape index (κ1) is 24.2. The number of halogens is 1. The highest BCUT2D eigenvalue weighted by molar-refractivity contribution is 14.0. The van der Waals surface area contributed by atoms with Crippen molar-refractivity contribution in [2.45, 2.75) is 26.2 Å². The Bertz CT molecular complexity index is 681. The van der Waals surface area contributed by atoms with E-state index in [-0.39, 0.29) is 41.8 Å². The van der Waals surface area contributed by atoms with Crippen molar-refractivity contribution in [3.63, 3.8) is 0 Å². The number of nitrogens with zero attached hydrogens (tertiary/aromatic N) is 2. The number of amides is 1. The van der Waals surface area contributed by atoms with E-state index >= 15 is 0 Å². The van der Waals surface area contributed by atoms with E-state index in [1.807, 2.05) is 25.1 Å². The van der Waals surface area contributed by atoms with Crippen LogP contribution in [0.15, 0.2) is 29.3 Å². The van der Waals surface area contributed by atoms with E-state index in [2.05, 4.69) is 20.5 Å². The van der Waals surface area contributed by atoms with Crippen molar-refractivity contribution in [1.82, 2.24) is 15.5 Å². The minimum atomic E-state index is -0.122. The van der Waals surface area contributed by atoms with Crippen LogP contribution in [0.2, 0.25) is 0 Å². The van der Waals surface area contributed by atoms with Gasteiger partial charge < -0.3 is 20.3 Å². The number of nitrogens with one attached hydrogen (secondary N) is 2. The summed E-state index contributed by atoms with van der Waals surface area (Å²) in [6.45, 7) is 4.45. The molecule has 156 valence electrons. The van der Waals surface area contributed by atoms with Gasteiger partial charge in [0.1, 0.15) is 0 Å². The maximum Gasteiger partial charge on any atom is 0.310 e. The molecular formula is C20H31IN4O3. The molecule has 2 rings (SSSR count). The van der Waals surface area contributed by atoms with Crippen LogP contribution in [0.1, 0.15) is 35.7 Å². The molecule has 7 nitrogen and oxygen atoms in total. The number of esters is 1. The zero-order valence-electron chi connectivity index (χ0n) is 16.9. The molecule has 1 saturated heterocycles. The fraction of sp³-hybridized carbons (Fsp3) is 0.550. The van der Waals surface area contributed by atoms with Gasteiger partial charge in [0.05, 0.1) is 12.5 Å². The minimum Gasteiger partial charge on any atom is -0.466 e. The van der Waals surface area contributed by atoms with Crippen LogP contribution in [-0.4, -0.2) is 63.1 Å². The maximum atomic E-state index is 12.0. The lowest BCUT2D eigenvalue weighted by Crippen LogP contribution is -2.48. The number of hydrogen-bond donors (Lipinski definition) is 2. The molecular weight excluding hydrogens is 471 g/mol. The highest BCUT2D eigenvalue weighted by Gasteiger charge is 2.28. The molecule has 1 aliphatic rings. The normalized spacial score (nSPS) is 16.8. The molecule has 28 heavy (non-hydrogen) atoms. The summed E-state index contributed by atoms with van der Waals surface area (Å²) in [5.74, 6) is 0.496. The van der Waals surface area contributed by atoms with E-state index in [4.69, 9.17) is 4.74 Å². The largest absolute Gasteiger partial charge is 0.466 e. The number of carbonyl (C=O) groups excluding carboxylic acids is 2. The third kappa shape index (κ3) is 6.96. The third-order valence-electron chi connectivity index (χ3n) is 4.67. The van der Waals surface area contributed by atoms with Crippen molar-refractivity contribution in [3.05, 3.63) is 35.4 Å². The Morgan fingerprint density at radius 3 is 2.82 bits per heavy atom. The zero-order chi connectivity index (χ0) is 19.6. The van der Waals surface area contributed by atoms with Crippen molar-refractivity contribution in [1.29, 1.82) is 0 Å². The summed E-state index contributed by atoms with van der Waals surface area (Å²) in [4.78, 5) is 30.2. The number of guanidine groups is 1. The molecule has 2 N–H and O–H groups in total. The van der Waals surface area contributed by atoms with Crippen molar-refractivity contribution >= 4 is 41.8 Å². The van der Waals surface area contributed by atoms with Gasteiger partial charge in [0.2, 0.25) is 0 Å². The molecule has 1 atom stereocenters. The van der Waals surface area contributed by atoms with Gasteiger partial charge in [-0.2, -0.15) is 0 Å². The van der Waals surface area contributed by atoms with Crippen LogP contribution in [0.25, 0.3) is 0 Å². The second-order valence-corrected chi connectivity index (χ2v) is 6.54. The first-order valence-corrected chi connectivity index (χ1v) is 9.52. The number of carbonyl (C=O) groups is 2. The number of hydrogen-bond acceptors (Lipinski definition) is 4. The van der Waals surface area contributed by atoms with Crippen molar-refractivity contribution in [3.8, 4) is 0 Å². The predicted octanol–water partition coefficient (Wildman–Crippen LogP) is 2.06. The molecule has 0 spiro atoms. The van der Waals surface area contributed by atoms with Gasteiger partial charge in [0.25, 0.3) is 5.91 Å². The van der Waals surface area contributed by atoms with Gasteiger partial charge in [-0.3, -0.25) is 14.6 Å². The molecule has 1 aromatic carbocycles. The number of benzene rings is 1. The lowest BCUT2D eigenvalue weighted by molar-refractivity contribution is -0.149. The Kier molecular flexibility index (Phi) is 10.9. The van der Waals surface area contributed by atoms with Gasteiger partial charge >= 0.3 is 5.97 Å². The van der Waals surface area contributed by atoms with Crippen LogP contribution < -0.4 is 10.6 Å². The molecule has 1 aliphatic heterocycles. The van der Waals surface area contributed by atoms with Crippen LogP contribution in [0.5, 0.6) is 0 Å². The van der Waals surface area contributed by atoms with Crippen LogP contribution >= 0.6 is 24.0 Å². The summed E-state index contributed by atoms with van der Waals surface area (Å²) < 4.78 is 5.16. The highest BCUT2D eigenvalue weighted by Crippen LogP contribution is 2.18. The van der Waals surface area contributed by atoms with E-state index in [0.717, 1.165) is 37.3 Å². The maximum absolute atomic E-state index is 12.0. The van der Waals surface area contributed by atoms with Crippen molar-refractivity contribution in [2.75, 3.05) is 40.3 Å². The first-order chi connectivity index (χ1) is 13.1. The van der Waals surface area contributed by atoms with Crippen LogP contribution in [0, 0.1) is 5.92 Å². The quantitative estimate of drug-likeness (QED) is 0.270. The second kappa shape index (κ2) is 12.6. The first-order valence-electron chi connectivity index (χ1n) is 9.52. The van der Waals surface area contributed by atoms with Crippen molar-refractivity contribution in [2.24, 2.45) is 10.9 Å². The molecule has 1 aromatic rings. The second-order valence-electron chi connectivity index (χ2n) is 6.54. The van der Waals surface area contributed by atoms with Gasteiger partial charge in [0.15, 0.2) is 5.96 Å². The summed E-state index contributed by atoms with van der Waals surface area (Å²) in [5, 5.41) is 6.00. The topological polar surface area (TPSA) is 83.0 Å². The number of aliphatic imine (C=N–C) groups is 1. The van der Waals surface area contributed by atoms with Gasteiger partial charge in [0, 0.05) is 39.3 Å². The monoisotopic (exact) mass is 502 g/mol. The summed E-state index contributed by atoms with van der Waals surface area (Å²) >= 11 is 0. The molecule has 1 fully saturated rings. The van der Waals surface area contributed by atoms with Crippen LogP contribution in [-0.2, 0) is 16.0 Å². The molecule has 1 heterocycles. The van der Waals surface area contributed by atoms with Crippen molar-refractivity contribution < 1.29 is 14.3 Å². The highest BCUT2D eigenvalue weighted by atomic mass is 127. The summed E-state index contributed by atoms with van der Waals surface area (Å²) in [6.07, 6.45) is 2.58. The summed E-state index contributed by atoms with van der Waals surface area (Å²) in [7, 11) is 3.38. The predicted molar refractivity (Wildman–Crippen MR) is 121 cm³/mol. The Labute approximate surface area is 184 Å². The molecule has 1 amide bonds. The Morgan fingerprint density at radius 1 is 1.36 bits per heavy atom. The van der Waals surface area contributed by atoms with E-state index in [1.54, 1.807) is 20.2 Å². The van der Waals surface area contributed by atoms with E-state index in [0.29, 0.717) is 25.3 Å². The molecule has 0 bridgehead atoms. The lowest BCUT2D eigenvalue weighted by Gasteiger charge is -2.34. The van der Waals surface area contributed by atoms with E-state index in [1.165, 1.54) is 0 Å². The molecule has 0 radical (unpaired) electrons. The minimum absolute atomic E-state index is 0. The third-order valence-corrected chi connectivity index (χ3v) is 4.67.